The molecule has 0 unspecified atom stereocenters. The quantitative estimate of drug-likeness (QED) is 0.418. The fourth-order valence-corrected chi connectivity index (χ4v) is 0.550. The summed E-state index contributed by atoms with van der Waals surface area (Å²) in [6.45, 7) is 0. The first kappa shape index (κ1) is 13.3. The van der Waals surface area contributed by atoms with Crippen LogP contribution in [0.15, 0.2) is 30.3 Å². The Morgan fingerprint density at radius 3 is 1.91 bits per heavy atom. The van der Waals surface area contributed by atoms with Crippen LogP contribution in [0.5, 0.6) is 0 Å². The van der Waals surface area contributed by atoms with Gasteiger partial charge in [0.1, 0.15) is 0 Å². The number of nitro groups is 1. The van der Waals surface area contributed by atoms with Crippen molar-refractivity contribution in [3.8, 4) is 0 Å². The monoisotopic (exact) mass is 227 g/mol. The summed E-state index contributed by atoms with van der Waals surface area (Å²) >= 11 is 0. The predicted octanol–water partition coefficient (Wildman–Crippen LogP) is 2.04. The molecule has 1 rings (SSSR count). The maximum absolute atomic E-state index is 10.0. The van der Waals surface area contributed by atoms with Gasteiger partial charge in [-0.25, -0.2) is 0 Å². The Morgan fingerprint density at radius 2 is 1.64 bits per heavy atom. The Hall–Kier alpha value is -0.276. The van der Waals surface area contributed by atoms with Crippen molar-refractivity contribution in [1.29, 1.82) is 0 Å². The minimum atomic E-state index is -0.417. The van der Waals surface area contributed by atoms with Crippen LogP contribution in [-0.2, 0) is 32.7 Å². The summed E-state index contributed by atoms with van der Waals surface area (Å²) in [5.74, 6) is 0. The molecule has 57 valence electrons. The van der Waals surface area contributed by atoms with E-state index in [1.807, 2.05) is 0 Å². The predicted molar refractivity (Wildman–Crippen MR) is 39.5 cm³/mol. The average molecular weight is 227 g/mol. The molecule has 1 aromatic rings. The molecule has 0 aliphatic carbocycles. The van der Waals surface area contributed by atoms with E-state index in [1.165, 1.54) is 12.1 Å². The van der Waals surface area contributed by atoms with Gasteiger partial charge in [-0.1, -0.05) is 18.2 Å². The normalized spacial score (nSPS) is 7.27. The van der Waals surface area contributed by atoms with Gasteiger partial charge < -0.3 is 7.43 Å². The minimum Gasteiger partial charge on any atom is -0.358 e. The Kier molecular flexibility index (Phi) is 7.79. The second-order valence-corrected chi connectivity index (χ2v) is 1.59. The van der Waals surface area contributed by atoms with E-state index < -0.39 is 4.92 Å². The summed E-state index contributed by atoms with van der Waals surface area (Å²) in [7, 11) is 0. The number of hydrogen-bond acceptors (Lipinski definition) is 2. The van der Waals surface area contributed by atoms with Crippen molar-refractivity contribution in [3.05, 3.63) is 47.9 Å². The average Bonchev–Trinajstić information content (AvgIpc) is 1.90. The summed E-state index contributed by atoms with van der Waals surface area (Å²) < 4.78 is 0. The third kappa shape index (κ3) is 4.22. The number of para-hydroxylation sites is 1. The molecule has 11 heavy (non-hydrogen) atoms. The van der Waals surface area contributed by atoms with Crippen LogP contribution >= 0.6 is 0 Å². The van der Waals surface area contributed by atoms with Crippen molar-refractivity contribution >= 4 is 5.69 Å². The first-order valence-corrected chi connectivity index (χ1v) is 2.50. The molecule has 3 nitrogen and oxygen atoms in total. The Labute approximate surface area is 90.8 Å². The van der Waals surface area contributed by atoms with Gasteiger partial charge in [0.15, 0.2) is 0 Å². The largest absolute Gasteiger partial charge is 0.358 e. The Morgan fingerprint density at radius 1 is 1.18 bits per heavy atom. The van der Waals surface area contributed by atoms with Gasteiger partial charge in [-0.2, -0.15) is 0 Å². The van der Waals surface area contributed by atoms with E-state index in [2.05, 4.69) is 0 Å². The SMILES string of the molecule is O=[N+]([O-])c1ccccc1.[CH3-].[Y]. The van der Waals surface area contributed by atoms with Gasteiger partial charge in [0.25, 0.3) is 5.69 Å². The molecule has 0 spiro atoms. The molecule has 0 aliphatic rings. The van der Waals surface area contributed by atoms with Crippen LogP contribution in [0.4, 0.5) is 5.69 Å². The van der Waals surface area contributed by atoms with E-state index in [9.17, 15) is 10.1 Å². The van der Waals surface area contributed by atoms with Crippen molar-refractivity contribution in [1.82, 2.24) is 0 Å². The van der Waals surface area contributed by atoms with Crippen molar-refractivity contribution in [2.45, 2.75) is 0 Å². The van der Waals surface area contributed by atoms with Crippen molar-refractivity contribution in [3.63, 3.8) is 0 Å². The molecule has 1 aromatic carbocycles. The third-order valence-electron chi connectivity index (χ3n) is 0.967. The fourth-order valence-electron chi connectivity index (χ4n) is 0.550. The first-order chi connectivity index (χ1) is 4.30. The molecular weight excluding hydrogens is 219 g/mol. The standard InChI is InChI=1S/C6H5NO2.CH3.Y/c8-7(9)6-4-2-1-3-5-6;;/h1-5H;1H3;/q;-1;. The zero-order chi connectivity index (χ0) is 6.69. The molecular formula is C7H8NO2Y-. The summed E-state index contributed by atoms with van der Waals surface area (Å²) in [6.07, 6.45) is 0. The molecule has 0 N–H and O–H groups in total. The third-order valence-corrected chi connectivity index (χ3v) is 0.967. The number of non-ortho nitro benzene ring substituents is 1. The second kappa shape index (κ2) is 6.44. The zero-order valence-electron chi connectivity index (χ0n) is 6.23. The number of hydrogen-bond donors (Lipinski definition) is 0. The van der Waals surface area contributed by atoms with E-state index in [1.54, 1.807) is 18.2 Å². The van der Waals surface area contributed by atoms with Crippen molar-refractivity contribution in [2.75, 3.05) is 0 Å². The topological polar surface area (TPSA) is 43.1 Å². The minimum absolute atomic E-state index is 0. The van der Waals surface area contributed by atoms with E-state index in [0.717, 1.165) is 0 Å². The fraction of sp³-hybridized carbons (Fsp3) is 0. The van der Waals surface area contributed by atoms with Crippen LogP contribution in [0, 0.1) is 17.5 Å². The first-order valence-electron chi connectivity index (χ1n) is 2.50. The van der Waals surface area contributed by atoms with Crippen molar-refractivity contribution in [2.24, 2.45) is 0 Å². The maximum Gasteiger partial charge on any atom is 0.269 e. The van der Waals surface area contributed by atoms with Gasteiger partial charge >= 0.3 is 0 Å². The number of nitro benzene ring substituents is 1. The zero-order valence-corrected chi connectivity index (χ0v) is 9.07. The van der Waals surface area contributed by atoms with Gasteiger partial charge in [0, 0.05) is 44.8 Å². The van der Waals surface area contributed by atoms with E-state index in [-0.39, 0.29) is 45.8 Å². The van der Waals surface area contributed by atoms with E-state index in [0.29, 0.717) is 0 Å². The molecule has 0 aliphatic heterocycles. The summed E-state index contributed by atoms with van der Waals surface area (Å²) in [6, 6.07) is 7.93. The van der Waals surface area contributed by atoms with Gasteiger partial charge in [-0.15, -0.1) is 0 Å². The molecule has 1 radical (unpaired) electrons. The van der Waals surface area contributed by atoms with Crippen molar-refractivity contribution < 1.29 is 37.6 Å². The smallest absolute Gasteiger partial charge is 0.269 e. The summed E-state index contributed by atoms with van der Waals surface area (Å²) in [5, 5.41) is 10.0. The number of benzene rings is 1. The van der Waals surface area contributed by atoms with Crippen LogP contribution in [0.1, 0.15) is 0 Å². The van der Waals surface area contributed by atoms with Crippen LogP contribution < -0.4 is 0 Å². The van der Waals surface area contributed by atoms with Gasteiger partial charge in [0.05, 0.1) is 4.92 Å². The molecule has 0 saturated heterocycles. The van der Waals surface area contributed by atoms with Crippen LogP contribution in [-0.4, -0.2) is 4.92 Å². The van der Waals surface area contributed by atoms with Crippen LogP contribution in [0.25, 0.3) is 0 Å². The summed E-state index contributed by atoms with van der Waals surface area (Å²) in [4.78, 5) is 9.59. The molecule has 0 saturated carbocycles. The van der Waals surface area contributed by atoms with E-state index in [4.69, 9.17) is 0 Å². The van der Waals surface area contributed by atoms with Gasteiger partial charge in [-0.05, 0) is 0 Å². The van der Waals surface area contributed by atoms with E-state index >= 15 is 0 Å². The Balaban J connectivity index is 0. The van der Waals surface area contributed by atoms with Crippen LogP contribution in [0.2, 0.25) is 0 Å². The molecule has 0 heterocycles. The Bertz CT molecular complexity index is 213. The molecule has 4 heteroatoms. The number of nitrogens with zero attached hydrogens (tertiary/aromatic N) is 1. The molecule has 0 atom stereocenters. The molecule has 0 amide bonds. The molecule has 0 bridgehead atoms. The van der Waals surface area contributed by atoms with Crippen LogP contribution in [0.3, 0.4) is 0 Å². The second-order valence-electron chi connectivity index (χ2n) is 1.59. The van der Waals surface area contributed by atoms with Gasteiger partial charge in [-0.3, -0.25) is 10.1 Å². The summed E-state index contributed by atoms with van der Waals surface area (Å²) in [5.41, 5.74) is 0.137. The number of rotatable bonds is 1. The maximum atomic E-state index is 10.0. The molecule has 0 aromatic heterocycles. The van der Waals surface area contributed by atoms with Gasteiger partial charge in [0.2, 0.25) is 0 Å². The molecule has 0 fully saturated rings.